The average molecular weight is 259 g/mol. The summed E-state index contributed by atoms with van der Waals surface area (Å²) in [5.41, 5.74) is 0.764. The van der Waals surface area contributed by atoms with Crippen LogP contribution >= 0.6 is 23.2 Å². The molecule has 1 fully saturated rings. The molecule has 0 aliphatic heterocycles. The van der Waals surface area contributed by atoms with Gasteiger partial charge in [0.2, 0.25) is 0 Å². The zero-order valence-electron chi connectivity index (χ0n) is 9.59. The first-order chi connectivity index (χ1) is 7.51. The zero-order valence-corrected chi connectivity index (χ0v) is 11.1. The Morgan fingerprint density at radius 2 is 2.00 bits per heavy atom. The second kappa shape index (κ2) is 4.21. The maximum atomic E-state index is 6.49. The van der Waals surface area contributed by atoms with Crippen LogP contribution in [0.3, 0.4) is 0 Å². The van der Waals surface area contributed by atoms with Crippen molar-refractivity contribution in [1.29, 1.82) is 0 Å². The molecule has 0 spiro atoms. The van der Waals surface area contributed by atoms with Gasteiger partial charge < -0.3 is 4.74 Å². The molecule has 0 bridgehead atoms. The van der Waals surface area contributed by atoms with Crippen molar-refractivity contribution in [3.05, 3.63) is 34.9 Å². The predicted octanol–water partition coefficient (Wildman–Crippen LogP) is 4.06. The van der Waals surface area contributed by atoms with E-state index in [0.717, 1.165) is 29.8 Å². The van der Waals surface area contributed by atoms with E-state index in [1.54, 1.807) is 7.11 Å². The van der Waals surface area contributed by atoms with Crippen LogP contribution in [0.5, 0.6) is 0 Å². The van der Waals surface area contributed by atoms with E-state index in [-0.39, 0.29) is 10.5 Å². The van der Waals surface area contributed by atoms with Gasteiger partial charge in [0, 0.05) is 18.6 Å². The lowest BCUT2D eigenvalue weighted by Crippen LogP contribution is -2.42. The van der Waals surface area contributed by atoms with Crippen molar-refractivity contribution in [3.8, 4) is 0 Å². The van der Waals surface area contributed by atoms with Gasteiger partial charge in [-0.25, -0.2) is 0 Å². The van der Waals surface area contributed by atoms with Gasteiger partial charge in [-0.05, 0) is 31.4 Å². The lowest BCUT2D eigenvalue weighted by Gasteiger charge is -2.33. The number of halogens is 2. The normalized spacial score (nSPS) is 21.5. The summed E-state index contributed by atoms with van der Waals surface area (Å²) in [4.78, 5) is -0.207. The number of ether oxygens (including phenoxy) is 1. The summed E-state index contributed by atoms with van der Waals surface area (Å²) in [7, 11) is 1.72. The van der Waals surface area contributed by atoms with Gasteiger partial charge in [-0.1, -0.05) is 29.8 Å². The van der Waals surface area contributed by atoms with Gasteiger partial charge in [-0.2, -0.15) is 0 Å². The standard InChI is InChI=1S/C13H16Cl2O/c1-12(16-2,13(15)7-8-13)9-10-5-3-4-6-11(10)14/h3-6H,7-9H2,1-2H3. The largest absolute Gasteiger partial charge is 0.376 e. The van der Waals surface area contributed by atoms with E-state index in [1.165, 1.54) is 0 Å². The molecule has 0 N–H and O–H groups in total. The van der Waals surface area contributed by atoms with Gasteiger partial charge in [0.1, 0.15) is 0 Å². The second-order valence-corrected chi connectivity index (χ2v) is 5.80. The second-order valence-electron chi connectivity index (χ2n) is 4.67. The van der Waals surface area contributed by atoms with Crippen molar-refractivity contribution in [2.24, 2.45) is 0 Å². The number of rotatable bonds is 4. The van der Waals surface area contributed by atoms with Crippen molar-refractivity contribution in [2.45, 2.75) is 36.7 Å². The third kappa shape index (κ3) is 2.09. The minimum atomic E-state index is -0.334. The molecule has 0 heterocycles. The highest BCUT2D eigenvalue weighted by molar-refractivity contribution is 6.31. The van der Waals surface area contributed by atoms with Crippen LogP contribution in [0, 0.1) is 0 Å². The lowest BCUT2D eigenvalue weighted by molar-refractivity contribution is -0.00383. The van der Waals surface area contributed by atoms with Crippen molar-refractivity contribution < 1.29 is 4.74 Å². The Hall–Kier alpha value is -0.240. The van der Waals surface area contributed by atoms with E-state index in [1.807, 2.05) is 24.3 Å². The van der Waals surface area contributed by atoms with Crippen LogP contribution in [0.1, 0.15) is 25.3 Å². The predicted molar refractivity (Wildman–Crippen MR) is 68.4 cm³/mol. The van der Waals surface area contributed by atoms with Crippen molar-refractivity contribution >= 4 is 23.2 Å². The molecule has 0 aromatic heterocycles. The number of methoxy groups -OCH3 is 1. The number of alkyl halides is 1. The highest BCUT2D eigenvalue weighted by atomic mass is 35.5. The van der Waals surface area contributed by atoms with Gasteiger partial charge in [-0.3, -0.25) is 0 Å². The zero-order chi connectivity index (χ0) is 11.8. The fraction of sp³-hybridized carbons (Fsp3) is 0.538. The van der Waals surface area contributed by atoms with E-state index in [4.69, 9.17) is 27.9 Å². The highest BCUT2D eigenvalue weighted by Gasteiger charge is 2.56. The molecule has 1 saturated carbocycles. The Morgan fingerprint density at radius 3 is 2.50 bits per heavy atom. The molecule has 1 aliphatic rings. The van der Waals surface area contributed by atoms with E-state index < -0.39 is 0 Å². The van der Waals surface area contributed by atoms with Crippen LogP contribution in [-0.4, -0.2) is 17.6 Å². The first-order valence-corrected chi connectivity index (χ1v) is 6.24. The smallest absolute Gasteiger partial charge is 0.0882 e. The molecule has 88 valence electrons. The molecular formula is C13H16Cl2O. The maximum Gasteiger partial charge on any atom is 0.0882 e. The fourth-order valence-electron chi connectivity index (χ4n) is 2.06. The molecule has 2 rings (SSSR count). The first kappa shape index (κ1) is 12.2. The van der Waals surface area contributed by atoms with Crippen molar-refractivity contribution in [3.63, 3.8) is 0 Å². The molecule has 0 saturated heterocycles. The van der Waals surface area contributed by atoms with Crippen LogP contribution in [0.2, 0.25) is 5.02 Å². The highest BCUT2D eigenvalue weighted by Crippen LogP contribution is 2.53. The Labute approximate surface area is 107 Å². The van der Waals surface area contributed by atoms with Crippen molar-refractivity contribution in [1.82, 2.24) is 0 Å². The third-order valence-electron chi connectivity index (χ3n) is 3.57. The summed E-state index contributed by atoms with van der Waals surface area (Å²) >= 11 is 12.6. The minimum Gasteiger partial charge on any atom is -0.376 e. The number of hydrogen-bond acceptors (Lipinski definition) is 1. The van der Waals surface area contributed by atoms with E-state index in [9.17, 15) is 0 Å². The Balaban J connectivity index is 2.22. The summed E-state index contributed by atoms with van der Waals surface area (Å²) < 4.78 is 5.63. The topological polar surface area (TPSA) is 9.23 Å². The molecule has 1 aliphatic carbocycles. The molecule has 1 aromatic rings. The van der Waals surface area contributed by atoms with Crippen molar-refractivity contribution in [2.75, 3.05) is 7.11 Å². The van der Waals surface area contributed by atoms with E-state index in [0.29, 0.717) is 0 Å². The van der Waals surface area contributed by atoms with Gasteiger partial charge in [0.25, 0.3) is 0 Å². The fourth-order valence-corrected chi connectivity index (χ4v) is 2.50. The summed E-state index contributed by atoms with van der Waals surface area (Å²) in [6.07, 6.45) is 2.79. The molecular weight excluding hydrogens is 243 g/mol. The molecule has 1 unspecified atom stereocenters. The monoisotopic (exact) mass is 258 g/mol. The molecule has 1 nitrogen and oxygen atoms in total. The molecule has 0 radical (unpaired) electrons. The molecule has 16 heavy (non-hydrogen) atoms. The molecule has 1 atom stereocenters. The van der Waals surface area contributed by atoms with Crippen LogP contribution in [0.4, 0.5) is 0 Å². The van der Waals surface area contributed by atoms with Crippen LogP contribution in [0.15, 0.2) is 24.3 Å². The lowest BCUT2D eigenvalue weighted by atomic mass is 9.91. The average Bonchev–Trinajstić information content (AvgIpc) is 3.01. The van der Waals surface area contributed by atoms with Crippen LogP contribution < -0.4 is 0 Å². The molecule has 3 heteroatoms. The van der Waals surface area contributed by atoms with Gasteiger partial charge >= 0.3 is 0 Å². The maximum absolute atomic E-state index is 6.49. The van der Waals surface area contributed by atoms with Gasteiger partial charge in [-0.15, -0.1) is 11.6 Å². The number of benzene rings is 1. The first-order valence-electron chi connectivity index (χ1n) is 5.48. The SMILES string of the molecule is COC(C)(Cc1ccccc1Cl)C1(Cl)CC1. The minimum absolute atomic E-state index is 0.207. The van der Waals surface area contributed by atoms with Gasteiger partial charge in [0.05, 0.1) is 10.5 Å². The number of hydrogen-bond donors (Lipinski definition) is 0. The third-order valence-corrected chi connectivity index (χ3v) is 4.72. The van der Waals surface area contributed by atoms with Crippen LogP contribution in [0.25, 0.3) is 0 Å². The van der Waals surface area contributed by atoms with Gasteiger partial charge in [0.15, 0.2) is 0 Å². The Bertz CT molecular complexity index is 387. The summed E-state index contributed by atoms with van der Waals surface area (Å²) in [5, 5.41) is 0.784. The summed E-state index contributed by atoms with van der Waals surface area (Å²) in [6, 6.07) is 7.86. The van der Waals surface area contributed by atoms with E-state index >= 15 is 0 Å². The Morgan fingerprint density at radius 1 is 1.38 bits per heavy atom. The summed E-state index contributed by atoms with van der Waals surface area (Å²) in [5.74, 6) is 0. The quantitative estimate of drug-likeness (QED) is 0.741. The summed E-state index contributed by atoms with van der Waals surface area (Å²) in [6.45, 7) is 2.07. The van der Waals surface area contributed by atoms with Crippen LogP contribution in [-0.2, 0) is 11.2 Å². The van der Waals surface area contributed by atoms with E-state index in [2.05, 4.69) is 6.92 Å². The Kier molecular flexibility index (Phi) is 3.22. The molecule has 0 amide bonds. The molecule has 1 aromatic carbocycles.